The number of benzene rings is 1. The van der Waals surface area contributed by atoms with Crippen LogP contribution in [0.15, 0.2) is 24.3 Å². The summed E-state index contributed by atoms with van der Waals surface area (Å²) in [5, 5.41) is 9.39. The number of nitrogens with zero attached hydrogens (tertiary/aromatic N) is 2. The first-order chi connectivity index (χ1) is 18.9. The number of carbonyl (C=O) groups excluding carboxylic acids is 3. The van der Waals surface area contributed by atoms with Crippen LogP contribution in [-0.4, -0.2) is 84.5 Å². The normalized spacial score (nSPS) is 31.6. The Kier molecular flexibility index (Phi) is 7.55. The van der Waals surface area contributed by atoms with Gasteiger partial charge in [0.15, 0.2) is 0 Å². The van der Waals surface area contributed by atoms with Crippen LogP contribution in [0.3, 0.4) is 0 Å². The second kappa shape index (κ2) is 11.1. The fraction of sp³-hybridized carbons (Fsp3) is 0.700. The lowest BCUT2D eigenvalue weighted by molar-refractivity contribution is -0.150. The average Bonchev–Trinajstić information content (AvgIpc) is 3.65. The second-order valence-electron chi connectivity index (χ2n) is 12.3. The van der Waals surface area contributed by atoms with E-state index in [0.29, 0.717) is 44.1 Å². The molecule has 2 aliphatic carbocycles. The summed E-state index contributed by atoms with van der Waals surface area (Å²) in [4.78, 5) is 45.7. The third-order valence-corrected chi connectivity index (χ3v) is 9.89. The van der Waals surface area contributed by atoms with Gasteiger partial charge in [0.1, 0.15) is 17.8 Å². The van der Waals surface area contributed by atoms with E-state index in [1.165, 1.54) is 12.8 Å². The first-order valence-electron chi connectivity index (χ1n) is 15.0. The van der Waals surface area contributed by atoms with Crippen LogP contribution in [0.25, 0.3) is 0 Å². The third kappa shape index (κ3) is 5.27. The molecule has 9 nitrogen and oxygen atoms in total. The maximum Gasteiger partial charge on any atom is 0.246 e. The molecule has 3 heterocycles. The van der Waals surface area contributed by atoms with Gasteiger partial charge in [0, 0.05) is 37.2 Å². The first kappa shape index (κ1) is 26.6. The molecule has 7 atom stereocenters. The number of hydrogen-bond donors (Lipinski definition) is 3. The molecule has 39 heavy (non-hydrogen) atoms. The highest BCUT2D eigenvalue weighted by Gasteiger charge is 2.56. The molecule has 0 spiro atoms. The Balaban J connectivity index is 1.25. The lowest BCUT2D eigenvalue weighted by Crippen LogP contribution is -2.67. The number of para-hydroxylation sites is 1. The van der Waals surface area contributed by atoms with Crippen molar-refractivity contribution in [1.82, 2.24) is 25.8 Å². The predicted octanol–water partition coefficient (Wildman–Crippen LogP) is 1.97. The molecular formula is C30H43N5O4. The molecule has 0 bridgehead atoms. The molecule has 212 valence electrons. The van der Waals surface area contributed by atoms with Gasteiger partial charge in [-0.2, -0.15) is 0 Å². The van der Waals surface area contributed by atoms with Crippen molar-refractivity contribution < 1.29 is 19.1 Å². The number of ether oxygens (including phenoxy) is 1. The Morgan fingerprint density at radius 3 is 2.62 bits per heavy atom. The summed E-state index contributed by atoms with van der Waals surface area (Å²) in [6, 6.07) is 6.99. The van der Waals surface area contributed by atoms with Crippen molar-refractivity contribution in [3.63, 3.8) is 0 Å². The van der Waals surface area contributed by atoms with Crippen molar-refractivity contribution in [3.05, 3.63) is 29.8 Å². The summed E-state index contributed by atoms with van der Waals surface area (Å²) in [7, 11) is 1.75. The smallest absolute Gasteiger partial charge is 0.246 e. The fourth-order valence-corrected chi connectivity index (χ4v) is 7.43. The van der Waals surface area contributed by atoms with Gasteiger partial charge in [-0.15, -0.1) is 0 Å². The van der Waals surface area contributed by atoms with Crippen LogP contribution in [-0.2, 0) is 14.4 Å². The van der Waals surface area contributed by atoms with E-state index in [0.717, 1.165) is 43.4 Å². The van der Waals surface area contributed by atoms with Gasteiger partial charge >= 0.3 is 0 Å². The van der Waals surface area contributed by atoms with Gasteiger partial charge in [-0.25, -0.2) is 0 Å². The Hall–Kier alpha value is -2.65. The van der Waals surface area contributed by atoms with Gasteiger partial charge in [-0.05, 0) is 57.6 Å². The number of rotatable bonds is 7. The molecule has 3 N–H and O–H groups in total. The molecular weight excluding hydrogens is 494 g/mol. The Labute approximate surface area is 231 Å². The van der Waals surface area contributed by atoms with E-state index in [9.17, 15) is 14.4 Å². The Morgan fingerprint density at radius 2 is 1.82 bits per heavy atom. The highest BCUT2D eigenvalue weighted by molar-refractivity contribution is 5.93. The average molecular weight is 538 g/mol. The second-order valence-corrected chi connectivity index (χ2v) is 12.3. The number of piperazine rings is 1. The van der Waals surface area contributed by atoms with Crippen molar-refractivity contribution in [2.24, 2.45) is 11.8 Å². The van der Waals surface area contributed by atoms with Crippen LogP contribution in [0.5, 0.6) is 5.75 Å². The van der Waals surface area contributed by atoms with Crippen LogP contribution in [0.2, 0.25) is 0 Å². The number of piperidine rings is 1. The molecule has 0 radical (unpaired) electrons. The van der Waals surface area contributed by atoms with Crippen LogP contribution < -0.4 is 20.7 Å². The molecule has 0 aromatic heterocycles. The van der Waals surface area contributed by atoms with Gasteiger partial charge < -0.3 is 25.6 Å². The molecule has 3 amide bonds. The van der Waals surface area contributed by atoms with E-state index in [-0.39, 0.29) is 29.7 Å². The van der Waals surface area contributed by atoms with E-state index in [2.05, 4.69) is 20.9 Å². The molecule has 6 rings (SSSR count). The monoisotopic (exact) mass is 537 g/mol. The SMILES string of the molecule is CN[C@@H](C)C(=O)NC(C(=O)N1C[C@H]2C[C@H]3C[C@H]3N2C[C@H]1C(=O)N[C@@H]1CCOc2ccccc21)C1CCCCC1. The van der Waals surface area contributed by atoms with Crippen molar-refractivity contribution in [2.75, 3.05) is 26.7 Å². The minimum atomic E-state index is -0.602. The standard InChI is InChI=1S/C30H43N5O4/c1-18(31-2)28(36)33-27(19-8-4-3-5-9-19)30(38)35-16-21-14-20-15-24(20)34(21)17-25(35)29(37)32-23-12-13-39-26-11-7-6-10-22(23)26/h6-7,10-11,18-21,23-25,27,31H,3-5,8-9,12-17H2,1-2H3,(H,32,37)(H,33,36)/t18-,20-,21+,23+,24+,25-,27?/m0/s1. The zero-order valence-corrected chi connectivity index (χ0v) is 23.2. The van der Waals surface area contributed by atoms with Gasteiger partial charge in [-0.1, -0.05) is 37.5 Å². The zero-order valence-electron chi connectivity index (χ0n) is 23.2. The number of carbonyl (C=O) groups is 3. The van der Waals surface area contributed by atoms with E-state index in [1.807, 2.05) is 36.1 Å². The van der Waals surface area contributed by atoms with Crippen LogP contribution in [0, 0.1) is 11.8 Å². The molecule has 1 aromatic carbocycles. The third-order valence-electron chi connectivity index (χ3n) is 9.89. The molecule has 2 saturated carbocycles. The van der Waals surface area contributed by atoms with Gasteiger partial charge in [0.2, 0.25) is 17.7 Å². The number of nitrogens with one attached hydrogen (secondary N) is 3. The lowest BCUT2D eigenvalue weighted by Gasteiger charge is -2.46. The minimum absolute atomic E-state index is 0.0914. The molecule has 1 unspecified atom stereocenters. The summed E-state index contributed by atoms with van der Waals surface area (Å²) in [6.07, 6.45) is 8.14. The molecule has 2 saturated heterocycles. The molecule has 9 heteroatoms. The van der Waals surface area contributed by atoms with Gasteiger partial charge in [-0.3, -0.25) is 19.3 Å². The highest BCUT2D eigenvalue weighted by Crippen LogP contribution is 2.49. The molecule has 4 fully saturated rings. The molecule has 3 aliphatic heterocycles. The Bertz CT molecular complexity index is 1090. The topological polar surface area (TPSA) is 103 Å². The lowest BCUT2D eigenvalue weighted by atomic mass is 9.82. The van der Waals surface area contributed by atoms with Gasteiger partial charge in [0.25, 0.3) is 0 Å². The van der Waals surface area contributed by atoms with E-state index >= 15 is 0 Å². The maximum atomic E-state index is 14.4. The van der Waals surface area contributed by atoms with E-state index in [4.69, 9.17) is 4.74 Å². The van der Waals surface area contributed by atoms with Crippen LogP contribution >= 0.6 is 0 Å². The molecule has 5 aliphatic rings. The van der Waals surface area contributed by atoms with Crippen molar-refractivity contribution in [1.29, 1.82) is 0 Å². The number of fused-ring (bicyclic) bond motifs is 4. The summed E-state index contributed by atoms with van der Waals surface area (Å²) in [5.41, 5.74) is 0.987. The van der Waals surface area contributed by atoms with Crippen LogP contribution in [0.4, 0.5) is 0 Å². The highest BCUT2D eigenvalue weighted by atomic mass is 16.5. The first-order valence-corrected chi connectivity index (χ1v) is 15.0. The summed E-state index contributed by atoms with van der Waals surface area (Å²) in [6.45, 7) is 3.47. The summed E-state index contributed by atoms with van der Waals surface area (Å²) < 4.78 is 5.81. The fourth-order valence-electron chi connectivity index (χ4n) is 7.43. The number of amides is 3. The molecule has 1 aromatic rings. The summed E-state index contributed by atoms with van der Waals surface area (Å²) >= 11 is 0. The largest absolute Gasteiger partial charge is 0.493 e. The Morgan fingerprint density at radius 1 is 1.03 bits per heavy atom. The zero-order chi connectivity index (χ0) is 27.1. The summed E-state index contributed by atoms with van der Waals surface area (Å²) in [5.74, 6) is 1.24. The van der Waals surface area contributed by atoms with Crippen molar-refractivity contribution in [3.8, 4) is 5.75 Å². The van der Waals surface area contributed by atoms with Gasteiger partial charge in [0.05, 0.1) is 18.7 Å². The van der Waals surface area contributed by atoms with E-state index in [1.54, 1.807) is 7.05 Å². The quantitative estimate of drug-likeness (QED) is 0.492. The number of hydrogen-bond acceptors (Lipinski definition) is 6. The van der Waals surface area contributed by atoms with E-state index < -0.39 is 18.1 Å². The number of likely N-dealkylation sites (N-methyl/N-ethyl adjacent to an activating group) is 1. The van der Waals surface area contributed by atoms with Crippen LogP contribution in [0.1, 0.15) is 69.9 Å². The van der Waals surface area contributed by atoms with Crippen molar-refractivity contribution in [2.45, 2.75) is 94.5 Å². The minimum Gasteiger partial charge on any atom is -0.493 e. The van der Waals surface area contributed by atoms with Crippen molar-refractivity contribution >= 4 is 17.7 Å². The maximum absolute atomic E-state index is 14.4. The predicted molar refractivity (Wildman–Crippen MR) is 147 cm³/mol.